The normalized spacial score (nSPS) is 18.8. The van der Waals surface area contributed by atoms with E-state index in [1.165, 1.54) is 21.1 Å². The molecule has 34 heavy (non-hydrogen) atoms. The molecule has 1 saturated heterocycles. The van der Waals surface area contributed by atoms with Gasteiger partial charge in [0.15, 0.2) is 0 Å². The minimum atomic E-state index is -3.64. The number of amides is 2. The Bertz CT molecular complexity index is 1110. The van der Waals surface area contributed by atoms with Gasteiger partial charge in [-0.1, -0.05) is 26.0 Å². The summed E-state index contributed by atoms with van der Waals surface area (Å²) in [6, 6.07) is 8.52. The Morgan fingerprint density at radius 3 is 2.24 bits per heavy atom. The first-order valence-electron chi connectivity index (χ1n) is 11.5. The van der Waals surface area contributed by atoms with Crippen molar-refractivity contribution in [2.75, 3.05) is 26.2 Å². The molecule has 0 aliphatic carbocycles. The van der Waals surface area contributed by atoms with Crippen LogP contribution in [0.2, 0.25) is 0 Å². The molecule has 1 aliphatic rings. The van der Waals surface area contributed by atoms with Gasteiger partial charge in [-0.2, -0.15) is 4.31 Å². The zero-order chi connectivity index (χ0) is 25.0. The second-order valence-corrected chi connectivity index (χ2v) is 10.5. The summed E-state index contributed by atoms with van der Waals surface area (Å²) in [5, 5.41) is 2.82. The molecule has 2 aromatic rings. The third kappa shape index (κ3) is 5.68. The molecular weight excluding hydrogens is 456 g/mol. The van der Waals surface area contributed by atoms with Crippen molar-refractivity contribution in [1.29, 1.82) is 0 Å². The van der Waals surface area contributed by atoms with Gasteiger partial charge in [-0.15, -0.1) is 0 Å². The van der Waals surface area contributed by atoms with E-state index in [0.29, 0.717) is 31.7 Å². The van der Waals surface area contributed by atoms with Gasteiger partial charge in [0.25, 0.3) is 11.8 Å². The van der Waals surface area contributed by atoms with E-state index in [1.54, 1.807) is 37.9 Å². The number of hydrogen-bond donors (Lipinski definition) is 1. The Hall–Kier alpha value is -2.69. The summed E-state index contributed by atoms with van der Waals surface area (Å²) in [7, 11) is -2.00. The number of hydrogen-bond acceptors (Lipinski definition) is 5. The molecule has 2 unspecified atom stereocenters. The summed E-state index contributed by atoms with van der Waals surface area (Å²) in [4.78, 5) is 27.4. The zero-order valence-electron chi connectivity index (χ0n) is 20.4. The lowest BCUT2D eigenvalue weighted by Gasteiger charge is -2.35. The van der Waals surface area contributed by atoms with Crippen LogP contribution in [0.15, 0.2) is 41.4 Å². The average molecular weight is 491 g/mol. The molecule has 2 amide bonds. The van der Waals surface area contributed by atoms with E-state index in [4.69, 9.17) is 4.74 Å². The Morgan fingerprint density at radius 1 is 1.09 bits per heavy atom. The van der Waals surface area contributed by atoms with Crippen molar-refractivity contribution >= 4 is 21.8 Å². The predicted octanol–water partition coefficient (Wildman–Crippen LogP) is 2.23. The fourth-order valence-electron chi connectivity index (χ4n) is 4.18. The number of morpholine rings is 1. The van der Waals surface area contributed by atoms with E-state index in [9.17, 15) is 18.0 Å². The molecule has 10 heteroatoms. The first-order valence-corrected chi connectivity index (χ1v) is 13.0. The summed E-state index contributed by atoms with van der Waals surface area (Å²) in [5.41, 5.74) is 1.68. The minimum Gasteiger partial charge on any atom is -0.372 e. The predicted molar refractivity (Wildman–Crippen MR) is 129 cm³/mol. The number of carbonyl (C=O) groups is 2. The lowest BCUT2D eigenvalue weighted by molar-refractivity contribution is -0.0586. The number of carbonyl (C=O) groups excluding carboxylic acids is 2. The lowest BCUT2D eigenvalue weighted by atomic mass is 10.1. The minimum absolute atomic E-state index is 0.00206. The van der Waals surface area contributed by atoms with Gasteiger partial charge in [0.05, 0.1) is 12.2 Å². The van der Waals surface area contributed by atoms with Crippen LogP contribution in [0.5, 0.6) is 0 Å². The molecule has 1 fully saturated rings. The maximum atomic E-state index is 12.8. The molecule has 2 atom stereocenters. The van der Waals surface area contributed by atoms with Crippen molar-refractivity contribution in [2.45, 2.75) is 51.3 Å². The summed E-state index contributed by atoms with van der Waals surface area (Å²) >= 11 is 0. The Labute approximate surface area is 201 Å². The molecule has 1 aromatic carbocycles. The smallest absolute Gasteiger partial charge is 0.268 e. The van der Waals surface area contributed by atoms with Gasteiger partial charge in [-0.3, -0.25) is 9.59 Å². The number of ether oxygens (including phenoxy) is 1. The van der Waals surface area contributed by atoms with E-state index in [1.807, 2.05) is 26.0 Å². The fourth-order valence-corrected chi connectivity index (χ4v) is 5.71. The quantitative estimate of drug-likeness (QED) is 0.612. The lowest BCUT2D eigenvalue weighted by Crippen LogP contribution is -2.48. The van der Waals surface area contributed by atoms with Crippen LogP contribution >= 0.6 is 0 Å². The number of aromatic nitrogens is 1. The number of nitrogens with zero attached hydrogens (tertiary/aromatic N) is 3. The molecule has 1 aromatic heterocycles. The molecule has 2 heterocycles. The van der Waals surface area contributed by atoms with Gasteiger partial charge in [0.1, 0.15) is 10.6 Å². The van der Waals surface area contributed by atoms with Gasteiger partial charge >= 0.3 is 0 Å². The molecule has 9 nitrogen and oxygen atoms in total. The molecule has 3 rings (SSSR count). The molecule has 0 saturated carbocycles. The number of aryl methyl sites for hydroxylation is 1. The summed E-state index contributed by atoms with van der Waals surface area (Å²) in [5.74, 6) is -0.414. The van der Waals surface area contributed by atoms with Crippen molar-refractivity contribution in [3.8, 4) is 0 Å². The summed E-state index contributed by atoms with van der Waals surface area (Å²) in [6.07, 6.45) is 1.46. The first kappa shape index (κ1) is 25.9. The van der Waals surface area contributed by atoms with Crippen LogP contribution in [0, 0.1) is 0 Å². The van der Waals surface area contributed by atoms with Crippen LogP contribution in [0.3, 0.4) is 0 Å². The number of benzene rings is 1. The van der Waals surface area contributed by atoms with Gasteiger partial charge in [0, 0.05) is 51.5 Å². The number of nitrogens with one attached hydrogen (secondary N) is 1. The Morgan fingerprint density at radius 2 is 1.68 bits per heavy atom. The molecule has 1 aliphatic heterocycles. The van der Waals surface area contributed by atoms with E-state index >= 15 is 0 Å². The van der Waals surface area contributed by atoms with Crippen LogP contribution in [0.4, 0.5) is 0 Å². The largest absolute Gasteiger partial charge is 0.372 e. The van der Waals surface area contributed by atoms with Crippen LogP contribution in [-0.4, -0.2) is 72.4 Å². The number of rotatable bonds is 8. The van der Waals surface area contributed by atoms with Crippen molar-refractivity contribution in [2.24, 2.45) is 7.05 Å². The van der Waals surface area contributed by atoms with Crippen molar-refractivity contribution in [3.05, 3.63) is 53.3 Å². The van der Waals surface area contributed by atoms with E-state index in [-0.39, 0.29) is 41.2 Å². The first-order chi connectivity index (χ1) is 16.1. The summed E-state index contributed by atoms with van der Waals surface area (Å²) < 4.78 is 34.0. The highest BCUT2D eigenvalue weighted by atomic mass is 32.2. The van der Waals surface area contributed by atoms with Crippen LogP contribution in [0.25, 0.3) is 0 Å². The van der Waals surface area contributed by atoms with Gasteiger partial charge in [0.2, 0.25) is 10.0 Å². The van der Waals surface area contributed by atoms with Gasteiger partial charge in [-0.05, 0) is 37.6 Å². The Balaban J connectivity index is 1.63. The van der Waals surface area contributed by atoms with Crippen LogP contribution in [-0.2, 0) is 28.4 Å². The molecule has 0 spiro atoms. The molecule has 1 N–H and O–H groups in total. The van der Waals surface area contributed by atoms with Crippen LogP contribution < -0.4 is 5.32 Å². The Kier molecular flexibility index (Phi) is 8.17. The second-order valence-electron chi connectivity index (χ2n) is 8.61. The van der Waals surface area contributed by atoms with Gasteiger partial charge < -0.3 is 19.5 Å². The molecule has 0 radical (unpaired) electrons. The van der Waals surface area contributed by atoms with E-state index in [0.717, 1.165) is 5.56 Å². The van der Waals surface area contributed by atoms with Crippen molar-refractivity contribution < 1.29 is 22.7 Å². The highest BCUT2D eigenvalue weighted by Gasteiger charge is 2.27. The second kappa shape index (κ2) is 10.7. The molecule has 0 bridgehead atoms. The maximum Gasteiger partial charge on any atom is 0.268 e. The summed E-state index contributed by atoms with van der Waals surface area (Å²) in [6.45, 7) is 9.55. The average Bonchev–Trinajstić information content (AvgIpc) is 3.20. The van der Waals surface area contributed by atoms with E-state index in [2.05, 4.69) is 5.32 Å². The number of sulfonamides is 1. The topological polar surface area (TPSA) is 101 Å². The molecular formula is C24H34N4O5S. The van der Waals surface area contributed by atoms with Gasteiger partial charge in [-0.25, -0.2) is 8.42 Å². The third-order valence-corrected chi connectivity index (χ3v) is 7.93. The highest BCUT2D eigenvalue weighted by Crippen LogP contribution is 2.19. The SMILES string of the molecule is CCN(CC)S(=O)(=O)c1cc(C(=O)NCc2ccc(C(=O)N3CC(C)OC(C)C3)cc2)n(C)c1. The highest BCUT2D eigenvalue weighted by molar-refractivity contribution is 7.89. The standard InChI is InChI=1S/C24H34N4O5S/c1-6-28(7-2)34(31,32)21-12-22(26(5)16-21)23(29)25-13-19-8-10-20(11-9-19)24(30)27-14-17(3)33-18(4)15-27/h8-12,16-18H,6-7,13-15H2,1-5H3,(H,25,29). The fraction of sp³-hybridized carbons (Fsp3) is 0.500. The van der Waals surface area contributed by atoms with Crippen molar-refractivity contribution in [3.63, 3.8) is 0 Å². The maximum absolute atomic E-state index is 12.8. The van der Waals surface area contributed by atoms with E-state index < -0.39 is 10.0 Å². The zero-order valence-corrected chi connectivity index (χ0v) is 21.3. The monoisotopic (exact) mass is 490 g/mol. The van der Waals surface area contributed by atoms with Crippen LogP contribution in [0.1, 0.15) is 54.1 Å². The van der Waals surface area contributed by atoms with Crippen molar-refractivity contribution in [1.82, 2.24) is 19.1 Å². The third-order valence-electron chi connectivity index (χ3n) is 5.92. The molecule has 186 valence electrons.